The number of nitro benzene ring substituents is 1. The number of amides is 1. The summed E-state index contributed by atoms with van der Waals surface area (Å²) in [6, 6.07) is 17.0. The average molecular weight is 350 g/mol. The molecule has 0 fully saturated rings. The molecule has 3 rings (SSSR count). The Bertz CT molecular complexity index is 985. The van der Waals surface area contributed by atoms with Gasteiger partial charge in [-0.2, -0.15) is 0 Å². The fourth-order valence-corrected chi connectivity index (χ4v) is 2.64. The molecule has 0 atom stereocenters. The summed E-state index contributed by atoms with van der Waals surface area (Å²) in [4.78, 5) is 22.5. The highest BCUT2D eigenvalue weighted by molar-refractivity contribution is 6.04. The minimum absolute atomic E-state index is 0.0843. The first-order chi connectivity index (χ1) is 12.4. The molecule has 0 unspecified atom stereocenters. The molecule has 130 valence electrons. The maximum Gasteiger partial charge on any atom is 0.269 e. The van der Waals surface area contributed by atoms with Gasteiger partial charge in [-0.1, -0.05) is 24.3 Å². The van der Waals surface area contributed by atoms with E-state index in [2.05, 4.69) is 5.32 Å². The number of hydrogen-bond donors (Lipinski definition) is 1. The number of aryl methyl sites for hydroxylation is 1. The van der Waals surface area contributed by atoms with Crippen LogP contribution in [-0.2, 0) is 0 Å². The maximum absolute atomic E-state index is 14.0. The van der Waals surface area contributed by atoms with Crippen molar-refractivity contribution in [1.82, 2.24) is 0 Å². The van der Waals surface area contributed by atoms with Crippen LogP contribution >= 0.6 is 0 Å². The van der Waals surface area contributed by atoms with Crippen LogP contribution in [-0.4, -0.2) is 10.8 Å². The van der Waals surface area contributed by atoms with Crippen LogP contribution in [0.5, 0.6) is 0 Å². The van der Waals surface area contributed by atoms with Crippen molar-refractivity contribution in [2.24, 2.45) is 0 Å². The van der Waals surface area contributed by atoms with Gasteiger partial charge in [0, 0.05) is 28.9 Å². The number of nitrogens with zero attached hydrogens (tertiary/aromatic N) is 1. The third kappa shape index (κ3) is 3.75. The van der Waals surface area contributed by atoms with Crippen LogP contribution in [0, 0.1) is 22.9 Å². The zero-order valence-electron chi connectivity index (χ0n) is 13.9. The third-order valence-corrected chi connectivity index (χ3v) is 3.86. The summed E-state index contributed by atoms with van der Waals surface area (Å²) in [5.74, 6) is -0.740. The Balaban J connectivity index is 1.87. The van der Waals surface area contributed by atoms with Crippen molar-refractivity contribution in [2.75, 3.05) is 5.32 Å². The minimum atomic E-state index is -0.525. The Kier molecular flexibility index (Phi) is 4.75. The van der Waals surface area contributed by atoms with Crippen LogP contribution < -0.4 is 5.32 Å². The number of anilines is 1. The van der Waals surface area contributed by atoms with Crippen LogP contribution in [0.3, 0.4) is 0 Å². The van der Waals surface area contributed by atoms with Crippen molar-refractivity contribution in [3.05, 3.63) is 93.8 Å². The molecule has 0 saturated carbocycles. The largest absolute Gasteiger partial charge is 0.322 e. The molecule has 0 radical (unpaired) electrons. The molecule has 1 N–H and O–H groups in total. The summed E-state index contributed by atoms with van der Waals surface area (Å²) in [5.41, 5.74) is 2.70. The molecule has 0 aliphatic rings. The molecule has 0 aliphatic carbocycles. The Morgan fingerprint density at radius 3 is 2.38 bits per heavy atom. The Morgan fingerprint density at radius 2 is 1.73 bits per heavy atom. The topological polar surface area (TPSA) is 72.2 Å². The predicted octanol–water partition coefficient (Wildman–Crippen LogP) is 4.96. The predicted molar refractivity (Wildman–Crippen MR) is 97.6 cm³/mol. The van der Waals surface area contributed by atoms with Gasteiger partial charge in [-0.05, 0) is 48.4 Å². The van der Waals surface area contributed by atoms with E-state index < -0.39 is 10.8 Å². The molecule has 3 aromatic carbocycles. The fraction of sp³-hybridized carbons (Fsp3) is 0.0500. The number of non-ortho nitro benzene ring substituents is 1. The van der Waals surface area contributed by atoms with E-state index in [-0.39, 0.29) is 11.5 Å². The molecule has 0 aliphatic heterocycles. The lowest BCUT2D eigenvalue weighted by molar-refractivity contribution is -0.384. The molecular weight excluding hydrogens is 335 g/mol. The molecule has 5 nitrogen and oxygen atoms in total. The highest BCUT2D eigenvalue weighted by Gasteiger charge is 2.11. The Labute approximate surface area is 149 Å². The summed E-state index contributed by atoms with van der Waals surface area (Å²) in [7, 11) is 0. The molecule has 0 spiro atoms. The standard InChI is InChI=1S/C20H15FN2O3/c1-13-10-15(18-4-2-3-5-19(18)21)12-16(11-13)22-20(24)14-6-8-17(9-7-14)23(25)26/h2-12H,1H3,(H,22,24). The number of benzene rings is 3. The van der Waals surface area contributed by atoms with Gasteiger partial charge in [0.2, 0.25) is 0 Å². The van der Waals surface area contributed by atoms with Gasteiger partial charge < -0.3 is 5.32 Å². The maximum atomic E-state index is 14.0. The number of halogens is 1. The summed E-state index contributed by atoms with van der Waals surface area (Å²) < 4.78 is 14.0. The van der Waals surface area contributed by atoms with Crippen molar-refractivity contribution < 1.29 is 14.1 Å². The van der Waals surface area contributed by atoms with Crippen LogP contribution in [0.2, 0.25) is 0 Å². The van der Waals surface area contributed by atoms with Crippen molar-refractivity contribution in [3.63, 3.8) is 0 Å². The zero-order valence-corrected chi connectivity index (χ0v) is 13.9. The summed E-state index contributed by atoms with van der Waals surface area (Å²) >= 11 is 0. The molecule has 6 heteroatoms. The van der Waals surface area contributed by atoms with Gasteiger partial charge in [0.15, 0.2) is 0 Å². The van der Waals surface area contributed by atoms with E-state index in [1.807, 2.05) is 13.0 Å². The first kappa shape index (κ1) is 17.3. The van der Waals surface area contributed by atoms with Crippen LogP contribution in [0.4, 0.5) is 15.8 Å². The first-order valence-corrected chi connectivity index (χ1v) is 7.86. The van der Waals surface area contributed by atoms with E-state index in [9.17, 15) is 19.3 Å². The molecule has 26 heavy (non-hydrogen) atoms. The number of hydrogen-bond acceptors (Lipinski definition) is 3. The lowest BCUT2D eigenvalue weighted by Crippen LogP contribution is -2.12. The smallest absolute Gasteiger partial charge is 0.269 e. The molecule has 3 aromatic rings. The molecule has 0 aromatic heterocycles. The van der Waals surface area contributed by atoms with Gasteiger partial charge in [0.05, 0.1) is 4.92 Å². The molecular formula is C20H15FN2O3. The van der Waals surface area contributed by atoms with Gasteiger partial charge in [-0.3, -0.25) is 14.9 Å². The van der Waals surface area contributed by atoms with Gasteiger partial charge in [-0.15, -0.1) is 0 Å². The zero-order chi connectivity index (χ0) is 18.7. The van der Waals surface area contributed by atoms with E-state index in [1.54, 1.807) is 30.3 Å². The lowest BCUT2D eigenvalue weighted by atomic mass is 10.0. The second-order valence-electron chi connectivity index (χ2n) is 5.83. The number of nitro groups is 1. The quantitative estimate of drug-likeness (QED) is 0.534. The van der Waals surface area contributed by atoms with Crippen molar-refractivity contribution in [2.45, 2.75) is 6.92 Å². The van der Waals surface area contributed by atoms with E-state index in [0.717, 1.165) is 5.56 Å². The number of rotatable bonds is 4. The number of nitrogens with one attached hydrogen (secondary N) is 1. The van der Waals surface area contributed by atoms with Gasteiger partial charge >= 0.3 is 0 Å². The van der Waals surface area contributed by atoms with E-state index in [0.29, 0.717) is 22.4 Å². The second kappa shape index (κ2) is 7.14. The van der Waals surface area contributed by atoms with Gasteiger partial charge in [0.25, 0.3) is 11.6 Å². The highest BCUT2D eigenvalue weighted by atomic mass is 19.1. The van der Waals surface area contributed by atoms with Crippen molar-refractivity contribution in [1.29, 1.82) is 0 Å². The first-order valence-electron chi connectivity index (χ1n) is 7.86. The van der Waals surface area contributed by atoms with Crippen molar-refractivity contribution >= 4 is 17.3 Å². The fourth-order valence-electron chi connectivity index (χ4n) is 2.64. The van der Waals surface area contributed by atoms with Gasteiger partial charge in [-0.25, -0.2) is 4.39 Å². The van der Waals surface area contributed by atoms with Crippen LogP contribution in [0.15, 0.2) is 66.7 Å². The van der Waals surface area contributed by atoms with Crippen molar-refractivity contribution in [3.8, 4) is 11.1 Å². The SMILES string of the molecule is Cc1cc(NC(=O)c2ccc([N+](=O)[O-])cc2)cc(-c2ccccc2F)c1. The summed E-state index contributed by atoms with van der Waals surface area (Å²) in [5, 5.41) is 13.4. The summed E-state index contributed by atoms with van der Waals surface area (Å²) in [6.07, 6.45) is 0. The molecule has 0 heterocycles. The Hall–Kier alpha value is -3.54. The lowest BCUT2D eigenvalue weighted by Gasteiger charge is -2.10. The summed E-state index contributed by atoms with van der Waals surface area (Å²) in [6.45, 7) is 1.85. The molecule has 0 saturated heterocycles. The normalized spacial score (nSPS) is 10.4. The third-order valence-electron chi connectivity index (χ3n) is 3.86. The van der Waals surface area contributed by atoms with Gasteiger partial charge in [0.1, 0.15) is 5.82 Å². The minimum Gasteiger partial charge on any atom is -0.322 e. The van der Waals surface area contributed by atoms with E-state index >= 15 is 0 Å². The van der Waals surface area contributed by atoms with Crippen LogP contribution in [0.25, 0.3) is 11.1 Å². The van der Waals surface area contributed by atoms with Crippen LogP contribution in [0.1, 0.15) is 15.9 Å². The number of carbonyl (C=O) groups is 1. The molecule has 1 amide bonds. The monoisotopic (exact) mass is 350 g/mol. The average Bonchev–Trinajstić information content (AvgIpc) is 2.61. The van der Waals surface area contributed by atoms with E-state index in [4.69, 9.17) is 0 Å². The number of carbonyl (C=O) groups excluding carboxylic acids is 1. The molecule has 0 bridgehead atoms. The second-order valence-corrected chi connectivity index (χ2v) is 5.83. The highest BCUT2D eigenvalue weighted by Crippen LogP contribution is 2.27. The van der Waals surface area contributed by atoms with E-state index in [1.165, 1.54) is 30.3 Å². The Morgan fingerprint density at radius 1 is 1.04 bits per heavy atom.